The summed E-state index contributed by atoms with van der Waals surface area (Å²) < 4.78 is 14.4. The monoisotopic (exact) mass is 339 g/mol. The molecule has 2 atom stereocenters. The van der Waals surface area contributed by atoms with Crippen LogP contribution in [0, 0.1) is 5.92 Å². The van der Waals surface area contributed by atoms with Crippen molar-refractivity contribution in [1.29, 1.82) is 0 Å². The van der Waals surface area contributed by atoms with Crippen LogP contribution in [0.25, 0.3) is 0 Å². The van der Waals surface area contributed by atoms with E-state index < -0.39 is 19.8 Å². The molecule has 0 amide bonds. The third-order valence-corrected chi connectivity index (χ3v) is 3.93. The zero-order chi connectivity index (χ0) is 17.0. The number of phenols is 1. The van der Waals surface area contributed by atoms with E-state index in [1.54, 1.807) is 12.1 Å². The van der Waals surface area contributed by atoms with Gasteiger partial charge in [0, 0.05) is 5.92 Å². The minimum atomic E-state index is -4.63. The van der Waals surface area contributed by atoms with E-state index >= 15 is 0 Å². The molecular weight excluding hydrogens is 321 g/mol. The maximum atomic E-state index is 11.0. The lowest BCUT2D eigenvalue weighted by Crippen LogP contribution is -2.28. The molecule has 124 valence electrons. The predicted molar refractivity (Wildman–Crippen MR) is 85.3 cm³/mol. The minimum absolute atomic E-state index is 0.0225. The van der Waals surface area contributed by atoms with Crippen molar-refractivity contribution in [3.05, 3.63) is 53.8 Å². The van der Waals surface area contributed by atoms with E-state index in [-0.39, 0.29) is 17.2 Å². The van der Waals surface area contributed by atoms with Gasteiger partial charge in [-0.05, 0) is 48.8 Å². The standard InChI is InChI=1S/C15H18NO6P/c17-11-4-1-10(2-5-11)3-8-15(19)13-9-12(18)6-7-14(13)16-23(20,21)22/h1-2,4-7,9,13,15,17-19H,3,8H2,(H2,20,21,22)/b16-14+. The number of nitrogens with zero attached hydrogens (tertiary/aromatic N) is 1. The number of hydrogen-bond donors (Lipinski definition) is 5. The zero-order valence-electron chi connectivity index (χ0n) is 12.1. The smallest absolute Gasteiger partial charge is 0.448 e. The number of aliphatic hydroxyl groups excluding tert-OH is 2. The van der Waals surface area contributed by atoms with Crippen molar-refractivity contribution in [2.24, 2.45) is 10.7 Å². The van der Waals surface area contributed by atoms with Gasteiger partial charge in [0.2, 0.25) is 0 Å². The topological polar surface area (TPSA) is 131 Å². The summed E-state index contributed by atoms with van der Waals surface area (Å²) in [4.78, 5) is 17.9. The fraction of sp³-hybridized carbons (Fsp3) is 0.267. The Morgan fingerprint density at radius 3 is 2.39 bits per heavy atom. The number of rotatable bonds is 5. The van der Waals surface area contributed by atoms with Crippen LogP contribution in [0.5, 0.6) is 5.75 Å². The average molecular weight is 339 g/mol. The Morgan fingerprint density at radius 1 is 1.13 bits per heavy atom. The van der Waals surface area contributed by atoms with Gasteiger partial charge < -0.3 is 25.1 Å². The Morgan fingerprint density at radius 2 is 1.78 bits per heavy atom. The van der Waals surface area contributed by atoms with E-state index in [1.165, 1.54) is 30.4 Å². The number of phenolic OH excluding ortho intramolecular Hbond substituents is 1. The van der Waals surface area contributed by atoms with Crippen molar-refractivity contribution in [1.82, 2.24) is 0 Å². The Balaban J connectivity index is 2.10. The van der Waals surface area contributed by atoms with Gasteiger partial charge in [-0.25, -0.2) is 4.57 Å². The molecule has 0 aromatic heterocycles. The van der Waals surface area contributed by atoms with Gasteiger partial charge in [0.05, 0.1) is 11.8 Å². The molecule has 2 rings (SSSR count). The molecule has 0 saturated heterocycles. The average Bonchev–Trinajstić information content (AvgIpc) is 2.47. The first kappa shape index (κ1) is 17.4. The number of aryl methyl sites for hydroxylation is 1. The largest absolute Gasteiger partial charge is 0.508 e. The number of benzene rings is 1. The van der Waals surface area contributed by atoms with Gasteiger partial charge in [-0.1, -0.05) is 12.1 Å². The lowest BCUT2D eigenvalue weighted by atomic mass is 9.89. The Bertz CT molecular complexity index is 688. The molecule has 5 N–H and O–H groups in total. The Labute approximate surface area is 133 Å². The van der Waals surface area contributed by atoms with E-state index in [9.17, 15) is 19.9 Å². The number of aromatic hydroxyl groups is 1. The van der Waals surface area contributed by atoms with Gasteiger partial charge in [0.25, 0.3) is 0 Å². The number of hydrogen-bond acceptors (Lipinski definition) is 4. The first-order valence-electron chi connectivity index (χ1n) is 6.95. The van der Waals surface area contributed by atoms with E-state index in [1.807, 2.05) is 0 Å². The molecule has 1 aliphatic rings. The van der Waals surface area contributed by atoms with Gasteiger partial charge in [-0.2, -0.15) is 4.76 Å². The molecular formula is C15H18NO6P. The lowest BCUT2D eigenvalue weighted by Gasteiger charge is -2.23. The summed E-state index contributed by atoms with van der Waals surface area (Å²) in [5.41, 5.74) is 0.921. The van der Waals surface area contributed by atoms with Crippen molar-refractivity contribution in [2.75, 3.05) is 0 Å². The van der Waals surface area contributed by atoms with Crippen LogP contribution in [0.2, 0.25) is 0 Å². The van der Waals surface area contributed by atoms with Gasteiger partial charge in [0.15, 0.2) is 0 Å². The number of allylic oxidation sites excluding steroid dienone is 2. The third kappa shape index (κ3) is 5.33. The molecule has 0 fully saturated rings. The molecule has 1 aromatic carbocycles. The molecule has 0 heterocycles. The minimum Gasteiger partial charge on any atom is -0.508 e. The highest BCUT2D eigenvalue weighted by atomic mass is 31.2. The molecule has 7 nitrogen and oxygen atoms in total. The maximum Gasteiger partial charge on any atom is 0.448 e. The van der Waals surface area contributed by atoms with Crippen LogP contribution in [0.4, 0.5) is 0 Å². The van der Waals surface area contributed by atoms with Crippen LogP contribution in [-0.2, 0) is 11.0 Å². The first-order valence-corrected chi connectivity index (χ1v) is 8.51. The summed E-state index contributed by atoms with van der Waals surface area (Å²) in [6, 6.07) is 6.52. The second-order valence-electron chi connectivity index (χ2n) is 5.26. The Kier molecular flexibility index (Phi) is 5.38. The van der Waals surface area contributed by atoms with Gasteiger partial charge in [0.1, 0.15) is 11.5 Å². The van der Waals surface area contributed by atoms with Crippen molar-refractivity contribution in [3.63, 3.8) is 0 Å². The summed E-state index contributed by atoms with van der Waals surface area (Å²) in [6.07, 6.45) is 3.68. The third-order valence-electron chi connectivity index (χ3n) is 3.44. The van der Waals surface area contributed by atoms with Gasteiger partial charge >= 0.3 is 7.75 Å². The van der Waals surface area contributed by atoms with E-state index in [0.717, 1.165) is 5.56 Å². The fourth-order valence-electron chi connectivity index (χ4n) is 2.32. The molecule has 1 aliphatic carbocycles. The zero-order valence-corrected chi connectivity index (χ0v) is 13.0. The van der Waals surface area contributed by atoms with Crippen molar-refractivity contribution in [2.45, 2.75) is 18.9 Å². The van der Waals surface area contributed by atoms with Crippen LogP contribution in [0.1, 0.15) is 12.0 Å². The van der Waals surface area contributed by atoms with E-state index in [4.69, 9.17) is 9.79 Å². The van der Waals surface area contributed by atoms with Crippen LogP contribution >= 0.6 is 7.75 Å². The van der Waals surface area contributed by atoms with Gasteiger partial charge in [-0.3, -0.25) is 0 Å². The molecule has 0 bridgehead atoms. The van der Waals surface area contributed by atoms with E-state index in [0.29, 0.717) is 12.8 Å². The van der Waals surface area contributed by atoms with E-state index in [2.05, 4.69) is 4.76 Å². The molecule has 8 heteroatoms. The van der Waals surface area contributed by atoms with Crippen molar-refractivity contribution >= 4 is 13.5 Å². The quantitative estimate of drug-likeness (QED) is 0.520. The second-order valence-corrected chi connectivity index (χ2v) is 6.49. The van der Waals surface area contributed by atoms with Gasteiger partial charge in [-0.15, -0.1) is 0 Å². The normalized spacial score (nSPS) is 21.3. The highest BCUT2D eigenvalue weighted by Crippen LogP contribution is 2.38. The lowest BCUT2D eigenvalue weighted by molar-refractivity contribution is 0.144. The SMILES string of the molecule is O=P(O)(O)/N=C1\C=CC(O)=CC1C(O)CCc1ccc(O)cc1. The molecule has 0 saturated carbocycles. The van der Waals surface area contributed by atoms with Crippen LogP contribution in [-0.4, -0.2) is 36.9 Å². The maximum absolute atomic E-state index is 11.0. The highest BCUT2D eigenvalue weighted by Gasteiger charge is 2.26. The molecule has 0 radical (unpaired) electrons. The summed E-state index contributed by atoms with van der Waals surface area (Å²) >= 11 is 0. The van der Waals surface area contributed by atoms with Crippen LogP contribution in [0.3, 0.4) is 0 Å². The molecule has 0 aliphatic heterocycles. The summed E-state index contributed by atoms with van der Waals surface area (Å²) in [5, 5.41) is 29.1. The number of aliphatic hydroxyl groups is 2. The fourth-order valence-corrected chi connectivity index (χ4v) is 2.82. The molecule has 23 heavy (non-hydrogen) atoms. The van der Waals surface area contributed by atoms with Crippen LogP contribution < -0.4 is 0 Å². The molecule has 2 unspecified atom stereocenters. The Hall–Kier alpha value is -1.92. The summed E-state index contributed by atoms with van der Waals surface area (Å²) in [7, 11) is -4.63. The van der Waals surface area contributed by atoms with Crippen molar-refractivity contribution in [3.8, 4) is 5.75 Å². The highest BCUT2D eigenvalue weighted by molar-refractivity contribution is 7.50. The van der Waals surface area contributed by atoms with Crippen molar-refractivity contribution < 1.29 is 29.7 Å². The molecule has 1 aromatic rings. The first-order chi connectivity index (χ1) is 10.7. The predicted octanol–water partition coefficient (Wildman–Crippen LogP) is 1.85. The summed E-state index contributed by atoms with van der Waals surface area (Å²) in [6.45, 7) is 0. The second kappa shape index (κ2) is 7.10. The van der Waals surface area contributed by atoms with Crippen LogP contribution in [0.15, 0.2) is 53.0 Å². The molecule has 0 spiro atoms. The summed E-state index contributed by atoms with van der Waals surface area (Å²) in [5.74, 6) is -0.747.